The third-order valence-electron chi connectivity index (χ3n) is 18.5. The van der Waals surface area contributed by atoms with Crippen molar-refractivity contribution in [1.29, 1.82) is 0 Å². The Kier molecular flexibility index (Phi) is 8.65. The van der Waals surface area contributed by atoms with Crippen LogP contribution in [0, 0.1) is 0 Å². The lowest BCUT2D eigenvalue weighted by molar-refractivity contribution is 0.627. The zero-order valence-corrected chi connectivity index (χ0v) is 44.1. The molecule has 10 aromatic rings. The third-order valence-corrected chi connectivity index (χ3v) is 18.5. The molecule has 2 nitrogen and oxygen atoms in total. The molecule has 14 rings (SSSR count). The molecule has 4 aliphatic rings. The molecule has 0 aromatic heterocycles. The number of rotatable bonds is 4. The van der Waals surface area contributed by atoms with Gasteiger partial charge < -0.3 is 9.80 Å². The van der Waals surface area contributed by atoms with E-state index in [1.165, 1.54) is 144 Å². The third kappa shape index (κ3) is 5.41. The maximum Gasteiger partial charge on any atom is 0.0541 e. The van der Waals surface area contributed by atoms with E-state index in [1.54, 1.807) is 0 Å². The van der Waals surface area contributed by atoms with E-state index in [0.29, 0.717) is 11.8 Å². The SMILES string of the molecule is CC(C)c1cc2c(N3c4ccccc4C(C)(C)c4cc5c(cc43)C(C)(C)c3ccccc3-5)ccc3c(C(C)C)cc4c(N5c6ccccc6C(C)(C)c6cc7c(cc65)C(C)(C)c5ccccc5-7)ccc1c4c32. The van der Waals surface area contributed by atoms with Gasteiger partial charge in [-0.1, -0.05) is 180 Å². The van der Waals surface area contributed by atoms with Crippen LogP contribution in [0.5, 0.6) is 0 Å². The monoisotopic (exact) mass is 933 g/mol. The van der Waals surface area contributed by atoms with E-state index in [4.69, 9.17) is 0 Å². The number of para-hydroxylation sites is 2. The van der Waals surface area contributed by atoms with Gasteiger partial charge in [-0.25, -0.2) is 0 Å². The molecular formula is C70H64N2. The van der Waals surface area contributed by atoms with Crippen LogP contribution in [0.4, 0.5) is 34.1 Å². The standard InChI is InChI=1S/C70H64N2/c1-39(2)45-33-49-59(71-61-27-19-17-25-53(61)69(9,10)57-35-47-41-21-13-15-23-51(41)67(5,6)55(47)37-63(57)71)32-30-44-46(40(3)4)34-50-60(31-29-43(45)65(50)66(44)49)72-62-28-20-18-26-54(62)70(11,12)58-36-48-42-22-14-16-24-52(42)68(7,8)56(48)38-64(58)72/h13-40H,1-12H3. The van der Waals surface area contributed by atoms with E-state index in [0.717, 1.165) is 0 Å². The topological polar surface area (TPSA) is 6.48 Å². The van der Waals surface area contributed by atoms with Crippen molar-refractivity contribution in [3.8, 4) is 22.3 Å². The molecule has 0 bridgehead atoms. The first-order chi connectivity index (χ1) is 34.4. The Morgan fingerprint density at radius 3 is 1.01 bits per heavy atom. The molecule has 0 radical (unpaired) electrons. The van der Waals surface area contributed by atoms with Crippen molar-refractivity contribution in [2.45, 2.75) is 117 Å². The summed E-state index contributed by atoms with van der Waals surface area (Å²) in [6.07, 6.45) is 0. The van der Waals surface area contributed by atoms with Crippen LogP contribution >= 0.6 is 0 Å². The molecule has 2 aliphatic heterocycles. The molecule has 0 atom stereocenters. The molecule has 0 fully saturated rings. The van der Waals surface area contributed by atoms with Crippen LogP contribution in [0.15, 0.2) is 158 Å². The lowest BCUT2D eigenvalue weighted by Gasteiger charge is -2.43. The minimum atomic E-state index is -0.223. The second kappa shape index (κ2) is 14.3. The van der Waals surface area contributed by atoms with E-state index in [-0.39, 0.29) is 21.7 Å². The predicted octanol–water partition coefficient (Wildman–Crippen LogP) is 19.7. The Hall–Kier alpha value is -7.16. The molecule has 354 valence electrons. The van der Waals surface area contributed by atoms with E-state index in [9.17, 15) is 0 Å². The number of nitrogens with zero attached hydrogens (tertiary/aromatic N) is 2. The Morgan fingerprint density at radius 2 is 0.625 bits per heavy atom. The van der Waals surface area contributed by atoms with Crippen LogP contribution in [0.3, 0.4) is 0 Å². The lowest BCUT2D eigenvalue weighted by Crippen LogP contribution is -2.31. The molecular weight excluding hydrogens is 869 g/mol. The quantitative estimate of drug-likeness (QED) is 0.162. The number of fused-ring (bicyclic) bond motifs is 10. The van der Waals surface area contributed by atoms with Crippen LogP contribution in [0.2, 0.25) is 0 Å². The van der Waals surface area contributed by atoms with E-state index in [1.807, 2.05) is 0 Å². The summed E-state index contributed by atoms with van der Waals surface area (Å²) in [6, 6.07) is 61.9. The maximum atomic E-state index is 2.65. The van der Waals surface area contributed by atoms with Crippen molar-refractivity contribution in [3.05, 3.63) is 213 Å². The van der Waals surface area contributed by atoms with Crippen molar-refractivity contribution in [3.63, 3.8) is 0 Å². The first-order valence-electron chi connectivity index (χ1n) is 26.6. The Balaban J connectivity index is 1.08. The summed E-state index contributed by atoms with van der Waals surface area (Å²) in [6.45, 7) is 28.9. The number of hydrogen-bond acceptors (Lipinski definition) is 2. The summed E-state index contributed by atoms with van der Waals surface area (Å²) < 4.78 is 0. The second-order valence-corrected chi connectivity index (χ2v) is 24.5. The fourth-order valence-electron chi connectivity index (χ4n) is 14.6. The highest BCUT2D eigenvalue weighted by Gasteiger charge is 2.45. The molecule has 0 amide bonds. The van der Waals surface area contributed by atoms with E-state index >= 15 is 0 Å². The van der Waals surface area contributed by atoms with Crippen LogP contribution in [-0.2, 0) is 21.7 Å². The molecule has 0 spiro atoms. The van der Waals surface area contributed by atoms with E-state index in [2.05, 4.69) is 251 Å². The first-order valence-corrected chi connectivity index (χ1v) is 26.6. The molecule has 2 heteroatoms. The fourth-order valence-corrected chi connectivity index (χ4v) is 14.6. The normalized spacial score (nSPS) is 17.0. The van der Waals surface area contributed by atoms with Gasteiger partial charge in [0.15, 0.2) is 0 Å². The highest BCUT2D eigenvalue weighted by atomic mass is 15.2. The summed E-state index contributed by atoms with van der Waals surface area (Å²) in [7, 11) is 0. The summed E-state index contributed by atoms with van der Waals surface area (Å²) in [4.78, 5) is 5.31. The summed E-state index contributed by atoms with van der Waals surface area (Å²) in [5.74, 6) is 0.595. The summed E-state index contributed by atoms with van der Waals surface area (Å²) in [5.41, 5.74) is 26.2. The summed E-state index contributed by atoms with van der Waals surface area (Å²) >= 11 is 0. The smallest absolute Gasteiger partial charge is 0.0541 e. The first kappa shape index (κ1) is 43.6. The zero-order valence-electron chi connectivity index (χ0n) is 44.1. The number of benzene rings is 10. The lowest BCUT2D eigenvalue weighted by atomic mass is 9.71. The molecule has 0 saturated heterocycles. The molecule has 0 unspecified atom stereocenters. The van der Waals surface area contributed by atoms with Gasteiger partial charge >= 0.3 is 0 Å². The van der Waals surface area contributed by atoms with Gasteiger partial charge in [-0.05, 0) is 172 Å². The largest absolute Gasteiger partial charge is 0.309 e. The average molecular weight is 933 g/mol. The van der Waals surface area contributed by atoms with Crippen molar-refractivity contribution < 1.29 is 0 Å². The predicted molar refractivity (Wildman–Crippen MR) is 307 cm³/mol. The van der Waals surface area contributed by atoms with Crippen LogP contribution in [-0.4, -0.2) is 0 Å². The second-order valence-electron chi connectivity index (χ2n) is 24.5. The molecule has 0 N–H and O–H groups in total. The van der Waals surface area contributed by atoms with E-state index < -0.39 is 0 Å². The number of anilines is 6. The molecule has 2 aliphatic carbocycles. The molecule has 0 saturated carbocycles. The Bertz CT molecular complexity index is 3740. The van der Waals surface area contributed by atoms with Crippen molar-refractivity contribution in [2.75, 3.05) is 9.80 Å². The Morgan fingerprint density at radius 1 is 0.278 bits per heavy atom. The van der Waals surface area contributed by atoms with Gasteiger partial charge in [-0.15, -0.1) is 0 Å². The Labute approximate surface area is 426 Å². The zero-order chi connectivity index (χ0) is 49.7. The molecule has 10 aromatic carbocycles. The average Bonchev–Trinajstić information content (AvgIpc) is 3.73. The van der Waals surface area contributed by atoms with Gasteiger partial charge in [-0.2, -0.15) is 0 Å². The number of hydrogen-bond donors (Lipinski definition) is 0. The van der Waals surface area contributed by atoms with Gasteiger partial charge in [0.05, 0.1) is 34.1 Å². The van der Waals surface area contributed by atoms with Crippen LogP contribution < -0.4 is 9.80 Å². The minimum absolute atomic E-state index is 0.134. The van der Waals surface area contributed by atoms with Crippen molar-refractivity contribution in [1.82, 2.24) is 0 Å². The van der Waals surface area contributed by atoms with Crippen molar-refractivity contribution in [2.24, 2.45) is 0 Å². The van der Waals surface area contributed by atoms with Gasteiger partial charge in [0.2, 0.25) is 0 Å². The maximum absolute atomic E-state index is 2.65. The highest BCUT2D eigenvalue weighted by molar-refractivity contribution is 6.30. The fraction of sp³-hybridized carbons (Fsp3) is 0.257. The van der Waals surface area contributed by atoms with Crippen molar-refractivity contribution >= 4 is 66.4 Å². The molecule has 2 heterocycles. The van der Waals surface area contributed by atoms with Gasteiger partial charge in [0, 0.05) is 32.4 Å². The van der Waals surface area contributed by atoms with Gasteiger partial charge in [0.25, 0.3) is 0 Å². The molecule has 72 heavy (non-hydrogen) atoms. The minimum Gasteiger partial charge on any atom is -0.309 e. The highest BCUT2D eigenvalue weighted by Crippen LogP contribution is 2.62. The van der Waals surface area contributed by atoms with Crippen LogP contribution in [0.25, 0.3) is 54.6 Å². The van der Waals surface area contributed by atoms with Gasteiger partial charge in [0.1, 0.15) is 0 Å². The summed E-state index contributed by atoms with van der Waals surface area (Å²) in [5, 5.41) is 8.06. The van der Waals surface area contributed by atoms with Crippen LogP contribution in [0.1, 0.15) is 151 Å². The van der Waals surface area contributed by atoms with Gasteiger partial charge in [-0.3, -0.25) is 0 Å².